The van der Waals surface area contributed by atoms with E-state index in [4.69, 9.17) is 15.1 Å². The van der Waals surface area contributed by atoms with Gasteiger partial charge < -0.3 is 15.1 Å². The van der Waals surface area contributed by atoms with Crippen molar-refractivity contribution in [3.8, 4) is 0 Å². The summed E-state index contributed by atoms with van der Waals surface area (Å²) in [4.78, 5) is 11.8. The molecule has 2 atom stereocenters. The number of esters is 1. The summed E-state index contributed by atoms with van der Waals surface area (Å²) in [5.41, 5.74) is 5.30. The first-order chi connectivity index (χ1) is 6.69. The Hall–Kier alpha value is -0.0651. The van der Waals surface area contributed by atoms with Crippen molar-refractivity contribution in [3.63, 3.8) is 0 Å². The van der Waals surface area contributed by atoms with Crippen LogP contribution in [0, 0.1) is 0 Å². The Balaban J connectivity index is 2.52. The molecule has 0 amide bonds. The molecule has 1 rings (SSSR count). The molecule has 1 fully saturated rings. The number of carbonyl (C=O) groups excluding carboxylic acids is 1. The van der Waals surface area contributed by atoms with Gasteiger partial charge in [0.25, 0.3) is 0 Å². The Morgan fingerprint density at radius 2 is 2.43 bits per heavy atom. The number of ether oxygens (including phenoxy) is 1. The Labute approximate surface area is 92.7 Å². The van der Waals surface area contributed by atoms with Crippen LogP contribution in [0.3, 0.4) is 0 Å². The Morgan fingerprint density at radius 3 is 3.00 bits per heavy atom. The molecule has 14 heavy (non-hydrogen) atoms. The Morgan fingerprint density at radius 1 is 1.71 bits per heavy atom. The summed E-state index contributed by atoms with van der Waals surface area (Å²) in [6.07, 6.45) is 1.59. The van der Waals surface area contributed by atoms with E-state index in [1.165, 1.54) is 0 Å². The van der Waals surface area contributed by atoms with Gasteiger partial charge in [0.15, 0.2) is 0 Å². The van der Waals surface area contributed by atoms with Gasteiger partial charge in [-0.05, 0) is 19.7 Å². The molecule has 0 saturated carbocycles. The normalized spacial score (nSPS) is 26.6. The minimum absolute atomic E-state index is 0.0941. The molecule has 0 unspecified atom stereocenters. The summed E-state index contributed by atoms with van der Waals surface area (Å²) in [6, 6.07) is 0. The summed E-state index contributed by atoms with van der Waals surface area (Å²) in [5, 5.41) is 0. The van der Waals surface area contributed by atoms with Gasteiger partial charge >= 0.3 is 12.9 Å². The quantitative estimate of drug-likeness (QED) is 0.356. The van der Waals surface area contributed by atoms with Gasteiger partial charge in [0.1, 0.15) is 0 Å². The highest BCUT2D eigenvalue weighted by Crippen LogP contribution is 2.36. The second kappa shape index (κ2) is 5.73. The van der Waals surface area contributed by atoms with Crippen LogP contribution >= 0.6 is 15.9 Å². The SMILES string of the molecule is CCOC(=O)[C@@H]1C[C@H](Br)CB1OCN. The first-order valence-corrected chi connectivity index (χ1v) is 5.73. The maximum Gasteiger partial charge on any atom is 0.310 e. The fraction of sp³-hybridized carbons (Fsp3) is 0.875. The molecule has 0 aromatic heterocycles. The number of nitrogens with two attached hydrogens (primary N) is 1. The van der Waals surface area contributed by atoms with E-state index >= 15 is 0 Å². The summed E-state index contributed by atoms with van der Waals surface area (Å²) in [7, 11) is 0. The van der Waals surface area contributed by atoms with Crippen molar-refractivity contribution in [2.45, 2.75) is 30.3 Å². The standard InChI is InChI=1S/C8H15BBrNO3/c1-2-13-8(12)7-3-6(10)4-9(7)14-5-11/h6-7H,2-5,11H2,1H3/t6-,7-/m0/s1. The van der Waals surface area contributed by atoms with Crippen molar-refractivity contribution in [1.82, 2.24) is 0 Å². The average Bonchev–Trinajstić information content (AvgIpc) is 2.48. The first kappa shape index (κ1) is 12.0. The van der Waals surface area contributed by atoms with Crippen LogP contribution in [-0.2, 0) is 14.2 Å². The minimum Gasteiger partial charge on any atom is -0.466 e. The van der Waals surface area contributed by atoms with Crippen LogP contribution in [-0.4, -0.2) is 31.0 Å². The maximum atomic E-state index is 11.5. The van der Waals surface area contributed by atoms with E-state index in [0.29, 0.717) is 11.4 Å². The van der Waals surface area contributed by atoms with Crippen molar-refractivity contribution in [1.29, 1.82) is 0 Å². The average molecular weight is 264 g/mol. The van der Waals surface area contributed by atoms with Crippen LogP contribution in [0.4, 0.5) is 0 Å². The number of hydrogen-bond donors (Lipinski definition) is 1. The molecule has 0 spiro atoms. The minimum atomic E-state index is -0.173. The third kappa shape index (κ3) is 2.97. The molecule has 6 heteroatoms. The zero-order valence-electron chi connectivity index (χ0n) is 8.24. The number of rotatable bonds is 4. The summed E-state index contributed by atoms with van der Waals surface area (Å²) < 4.78 is 10.3. The lowest BCUT2D eigenvalue weighted by Crippen LogP contribution is -2.29. The van der Waals surface area contributed by atoms with Crippen molar-refractivity contribution < 1.29 is 14.2 Å². The molecular weight excluding hydrogens is 249 g/mol. The molecule has 1 heterocycles. The van der Waals surface area contributed by atoms with Crippen molar-refractivity contribution >= 4 is 28.8 Å². The highest BCUT2D eigenvalue weighted by molar-refractivity contribution is 9.09. The lowest BCUT2D eigenvalue weighted by atomic mass is 9.58. The monoisotopic (exact) mass is 263 g/mol. The van der Waals surface area contributed by atoms with Gasteiger partial charge in [-0.1, -0.05) is 15.9 Å². The molecular formula is C8H15BBrNO3. The van der Waals surface area contributed by atoms with Crippen LogP contribution in [0.1, 0.15) is 13.3 Å². The predicted molar refractivity (Wildman–Crippen MR) is 58.4 cm³/mol. The Bertz CT molecular complexity index is 205. The van der Waals surface area contributed by atoms with E-state index in [2.05, 4.69) is 15.9 Å². The summed E-state index contributed by atoms with van der Waals surface area (Å²) in [6.45, 7) is 2.28. The third-order valence-electron chi connectivity index (χ3n) is 2.35. The van der Waals surface area contributed by atoms with Gasteiger partial charge in [-0.3, -0.25) is 4.79 Å². The van der Waals surface area contributed by atoms with Crippen LogP contribution in [0.5, 0.6) is 0 Å². The lowest BCUT2D eigenvalue weighted by Gasteiger charge is -2.14. The predicted octanol–water partition coefficient (Wildman–Crippen LogP) is 1.01. The topological polar surface area (TPSA) is 61.5 Å². The van der Waals surface area contributed by atoms with Gasteiger partial charge in [-0.25, -0.2) is 0 Å². The van der Waals surface area contributed by atoms with Crippen LogP contribution in [0.15, 0.2) is 0 Å². The van der Waals surface area contributed by atoms with Gasteiger partial charge in [0.2, 0.25) is 0 Å². The molecule has 1 saturated heterocycles. The fourth-order valence-corrected chi connectivity index (χ4v) is 2.52. The van der Waals surface area contributed by atoms with E-state index in [-0.39, 0.29) is 25.4 Å². The fourth-order valence-electron chi connectivity index (χ4n) is 1.74. The molecule has 80 valence electrons. The molecule has 4 nitrogen and oxygen atoms in total. The molecule has 1 aliphatic heterocycles. The lowest BCUT2D eigenvalue weighted by molar-refractivity contribution is -0.143. The highest BCUT2D eigenvalue weighted by Gasteiger charge is 2.43. The van der Waals surface area contributed by atoms with Crippen LogP contribution in [0.2, 0.25) is 12.1 Å². The smallest absolute Gasteiger partial charge is 0.310 e. The molecule has 1 aliphatic rings. The number of halogens is 1. The largest absolute Gasteiger partial charge is 0.466 e. The van der Waals surface area contributed by atoms with Crippen molar-refractivity contribution in [2.24, 2.45) is 5.73 Å². The molecule has 0 aromatic rings. The van der Waals surface area contributed by atoms with E-state index in [9.17, 15) is 4.79 Å². The molecule has 0 aliphatic carbocycles. The number of alkyl halides is 1. The molecule has 0 aromatic carbocycles. The van der Waals surface area contributed by atoms with Gasteiger partial charge in [-0.2, -0.15) is 0 Å². The van der Waals surface area contributed by atoms with Crippen molar-refractivity contribution in [2.75, 3.05) is 13.3 Å². The van der Waals surface area contributed by atoms with E-state index in [1.807, 2.05) is 0 Å². The molecule has 0 bridgehead atoms. The van der Waals surface area contributed by atoms with Gasteiger partial charge in [0, 0.05) is 4.83 Å². The zero-order valence-corrected chi connectivity index (χ0v) is 9.83. The third-order valence-corrected chi connectivity index (χ3v) is 3.09. The van der Waals surface area contributed by atoms with Crippen LogP contribution in [0.25, 0.3) is 0 Å². The number of carbonyl (C=O) groups is 1. The first-order valence-electron chi connectivity index (χ1n) is 4.81. The van der Waals surface area contributed by atoms with Crippen molar-refractivity contribution in [3.05, 3.63) is 0 Å². The van der Waals surface area contributed by atoms with Crippen LogP contribution < -0.4 is 5.73 Å². The second-order valence-electron chi connectivity index (χ2n) is 3.30. The zero-order chi connectivity index (χ0) is 10.6. The Kier molecular flexibility index (Phi) is 4.91. The summed E-state index contributed by atoms with van der Waals surface area (Å²) >= 11 is 3.48. The molecule has 2 N–H and O–H groups in total. The highest BCUT2D eigenvalue weighted by atomic mass is 79.9. The maximum absolute atomic E-state index is 11.5. The van der Waals surface area contributed by atoms with E-state index in [0.717, 1.165) is 12.7 Å². The molecule has 0 radical (unpaired) electrons. The van der Waals surface area contributed by atoms with Gasteiger partial charge in [-0.15, -0.1) is 0 Å². The summed E-state index contributed by atoms with van der Waals surface area (Å²) in [5.74, 6) is -0.337. The second-order valence-corrected chi connectivity index (χ2v) is 4.59. The van der Waals surface area contributed by atoms with E-state index in [1.54, 1.807) is 6.92 Å². The van der Waals surface area contributed by atoms with Gasteiger partial charge in [0.05, 0.1) is 19.2 Å². The van der Waals surface area contributed by atoms with E-state index < -0.39 is 0 Å². The number of hydrogen-bond acceptors (Lipinski definition) is 4.